The van der Waals surface area contributed by atoms with Gasteiger partial charge in [0.25, 0.3) is 11.6 Å². The highest BCUT2D eigenvalue weighted by Gasteiger charge is 2.26. The van der Waals surface area contributed by atoms with Gasteiger partial charge in [-0.1, -0.05) is 17.7 Å². The van der Waals surface area contributed by atoms with Crippen molar-refractivity contribution in [3.8, 4) is 0 Å². The highest BCUT2D eigenvalue weighted by molar-refractivity contribution is 6.34. The third kappa shape index (κ3) is 3.05. The Kier molecular flexibility index (Phi) is 4.19. The van der Waals surface area contributed by atoms with Crippen molar-refractivity contribution in [2.45, 2.75) is 18.9 Å². The second-order valence-corrected chi connectivity index (χ2v) is 4.81. The topological polar surface area (TPSA) is 101 Å². The van der Waals surface area contributed by atoms with Crippen LogP contribution in [0, 0.1) is 10.1 Å². The molecule has 1 fully saturated rings. The van der Waals surface area contributed by atoms with Crippen LogP contribution in [0.2, 0.25) is 5.02 Å². The van der Waals surface area contributed by atoms with E-state index in [-0.39, 0.29) is 28.2 Å². The summed E-state index contributed by atoms with van der Waals surface area (Å²) in [5, 5.41) is 16.2. The van der Waals surface area contributed by atoms with Gasteiger partial charge in [0.15, 0.2) is 0 Å². The normalized spacial score (nSPS) is 18.2. The number of nitrogens with one attached hydrogen (secondary N) is 2. The van der Waals surface area contributed by atoms with Crippen LogP contribution in [0.25, 0.3) is 0 Å². The highest BCUT2D eigenvalue weighted by Crippen LogP contribution is 2.26. The number of halogens is 1. The summed E-state index contributed by atoms with van der Waals surface area (Å²) in [5.74, 6) is -0.678. The molecule has 0 radical (unpaired) electrons. The molecule has 1 aromatic rings. The van der Waals surface area contributed by atoms with E-state index in [2.05, 4.69) is 10.6 Å². The smallest absolute Gasteiger partial charge is 0.283 e. The van der Waals surface area contributed by atoms with Crippen LogP contribution in [0.5, 0.6) is 0 Å². The molecule has 2 N–H and O–H groups in total. The number of carbonyl (C=O) groups excluding carboxylic acids is 2. The van der Waals surface area contributed by atoms with Crippen molar-refractivity contribution in [3.05, 3.63) is 38.9 Å². The number of amides is 2. The van der Waals surface area contributed by atoms with E-state index < -0.39 is 10.8 Å². The number of hydrogen-bond donors (Lipinski definition) is 2. The second-order valence-electron chi connectivity index (χ2n) is 4.40. The van der Waals surface area contributed by atoms with Crippen LogP contribution in [0.1, 0.15) is 23.2 Å². The van der Waals surface area contributed by atoms with Gasteiger partial charge in [-0.05, 0) is 12.5 Å². The molecular weight excluding hydrogens is 286 g/mol. The van der Waals surface area contributed by atoms with Crippen LogP contribution < -0.4 is 10.6 Å². The number of nitrogens with zero attached hydrogens (tertiary/aromatic N) is 1. The van der Waals surface area contributed by atoms with Gasteiger partial charge < -0.3 is 10.6 Å². The Morgan fingerprint density at radius 3 is 2.85 bits per heavy atom. The van der Waals surface area contributed by atoms with Crippen LogP contribution in [0.4, 0.5) is 5.69 Å². The summed E-state index contributed by atoms with van der Waals surface area (Å²) >= 11 is 5.87. The third-order valence-corrected chi connectivity index (χ3v) is 3.33. The number of rotatable bonds is 3. The van der Waals surface area contributed by atoms with Crippen LogP contribution in [0.15, 0.2) is 18.2 Å². The van der Waals surface area contributed by atoms with E-state index in [1.165, 1.54) is 18.2 Å². The van der Waals surface area contributed by atoms with E-state index in [1.807, 2.05) is 0 Å². The van der Waals surface area contributed by atoms with Crippen molar-refractivity contribution in [3.63, 3.8) is 0 Å². The Labute approximate surface area is 119 Å². The van der Waals surface area contributed by atoms with Gasteiger partial charge in [-0.15, -0.1) is 0 Å². The van der Waals surface area contributed by atoms with E-state index in [0.29, 0.717) is 19.4 Å². The lowest BCUT2D eigenvalue weighted by atomic mass is 10.1. The van der Waals surface area contributed by atoms with Gasteiger partial charge in [0, 0.05) is 25.1 Å². The standard InChI is InChI=1S/C12H12ClN3O4/c13-8-2-1-3-9(16(19)20)11(8)12(18)15-7-4-5-10(17)14-6-7/h1-3,7H,4-6H2,(H,14,17)(H,15,18). The Bertz CT molecular complexity index is 566. The maximum atomic E-state index is 12.1. The van der Waals surface area contributed by atoms with E-state index in [1.54, 1.807) is 0 Å². The lowest BCUT2D eigenvalue weighted by Gasteiger charge is -2.23. The monoisotopic (exact) mass is 297 g/mol. The number of benzene rings is 1. The number of nitro benzene ring substituents is 1. The molecule has 1 aromatic carbocycles. The Balaban J connectivity index is 2.17. The lowest BCUT2D eigenvalue weighted by molar-refractivity contribution is -0.385. The van der Waals surface area contributed by atoms with Crippen molar-refractivity contribution < 1.29 is 14.5 Å². The maximum absolute atomic E-state index is 12.1. The maximum Gasteiger partial charge on any atom is 0.283 e. The molecule has 1 heterocycles. The summed E-state index contributed by atoms with van der Waals surface area (Å²) in [6, 6.07) is 3.81. The first kappa shape index (κ1) is 14.3. The molecule has 0 spiro atoms. The predicted molar refractivity (Wildman–Crippen MR) is 71.6 cm³/mol. The van der Waals surface area contributed by atoms with Gasteiger partial charge in [-0.3, -0.25) is 19.7 Å². The van der Waals surface area contributed by atoms with Gasteiger partial charge in [0.1, 0.15) is 5.56 Å². The molecule has 20 heavy (non-hydrogen) atoms. The first-order valence-electron chi connectivity index (χ1n) is 5.99. The fraction of sp³-hybridized carbons (Fsp3) is 0.333. The van der Waals surface area contributed by atoms with Gasteiger partial charge in [0.05, 0.1) is 9.95 Å². The zero-order valence-corrected chi connectivity index (χ0v) is 11.1. The first-order valence-corrected chi connectivity index (χ1v) is 6.37. The van der Waals surface area contributed by atoms with Crippen molar-refractivity contribution in [2.24, 2.45) is 0 Å². The van der Waals surface area contributed by atoms with Crippen LogP contribution in [0.3, 0.4) is 0 Å². The Hall–Kier alpha value is -2.15. The SMILES string of the molecule is O=C1CCC(NC(=O)c2c(Cl)cccc2[N+](=O)[O-])CN1. The molecule has 0 aromatic heterocycles. The zero-order valence-electron chi connectivity index (χ0n) is 10.4. The van der Waals surface area contributed by atoms with E-state index in [9.17, 15) is 19.7 Å². The molecule has 0 saturated carbocycles. The molecule has 1 atom stereocenters. The Morgan fingerprint density at radius 2 is 2.25 bits per heavy atom. The van der Waals surface area contributed by atoms with Crippen LogP contribution in [-0.2, 0) is 4.79 Å². The minimum Gasteiger partial charge on any atom is -0.354 e. The van der Waals surface area contributed by atoms with Crippen LogP contribution >= 0.6 is 11.6 Å². The summed E-state index contributed by atoms with van der Waals surface area (Å²) in [7, 11) is 0. The van der Waals surface area contributed by atoms with Gasteiger partial charge in [-0.2, -0.15) is 0 Å². The number of piperidine rings is 1. The van der Waals surface area contributed by atoms with E-state index in [0.717, 1.165) is 0 Å². The molecule has 1 aliphatic rings. The molecule has 2 rings (SSSR count). The average Bonchev–Trinajstić information content (AvgIpc) is 2.40. The number of carbonyl (C=O) groups is 2. The van der Waals surface area contributed by atoms with Crippen molar-refractivity contribution in [1.29, 1.82) is 0 Å². The molecule has 7 nitrogen and oxygen atoms in total. The summed E-state index contributed by atoms with van der Waals surface area (Å²) in [6.07, 6.45) is 0.811. The van der Waals surface area contributed by atoms with Crippen molar-refractivity contribution >= 4 is 29.1 Å². The Morgan fingerprint density at radius 1 is 1.50 bits per heavy atom. The van der Waals surface area contributed by atoms with Gasteiger partial charge >= 0.3 is 0 Å². The summed E-state index contributed by atoms with van der Waals surface area (Å²) < 4.78 is 0. The third-order valence-electron chi connectivity index (χ3n) is 3.02. The molecule has 2 amide bonds. The van der Waals surface area contributed by atoms with Crippen LogP contribution in [-0.4, -0.2) is 29.3 Å². The summed E-state index contributed by atoms with van der Waals surface area (Å²) in [6.45, 7) is 0.308. The van der Waals surface area contributed by atoms with Crippen molar-refractivity contribution in [2.75, 3.05) is 6.54 Å². The summed E-state index contributed by atoms with van der Waals surface area (Å²) in [5.41, 5.74) is -0.495. The second kappa shape index (κ2) is 5.87. The minimum absolute atomic E-state index is 0.0246. The average molecular weight is 298 g/mol. The molecule has 1 unspecified atom stereocenters. The predicted octanol–water partition coefficient (Wildman–Crippen LogP) is 1.26. The first-order chi connectivity index (χ1) is 9.49. The molecule has 1 saturated heterocycles. The minimum atomic E-state index is -0.649. The van der Waals surface area contributed by atoms with Gasteiger partial charge in [-0.25, -0.2) is 0 Å². The largest absolute Gasteiger partial charge is 0.354 e. The van der Waals surface area contributed by atoms with E-state index >= 15 is 0 Å². The summed E-state index contributed by atoms with van der Waals surface area (Å²) in [4.78, 5) is 33.4. The molecule has 106 valence electrons. The quantitative estimate of drug-likeness (QED) is 0.647. The molecular formula is C12H12ClN3O4. The number of nitro groups is 1. The molecule has 1 aliphatic heterocycles. The fourth-order valence-electron chi connectivity index (χ4n) is 2.00. The fourth-order valence-corrected chi connectivity index (χ4v) is 2.26. The highest BCUT2D eigenvalue weighted by atomic mass is 35.5. The number of hydrogen-bond acceptors (Lipinski definition) is 4. The van der Waals surface area contributed by atoms with Gasteiger partial charge in [0.2, 0.25) is 5.91 Å². The molecule has 0 aliphatic carbocycles. The zero-order chi connectivity index (χ0) is 14.7. The van der Waals surface area contributed by atoms with E-state index in [4.69, 9.17) is 11.6 Å². The molecule has 0 bridgehead atoms. The van der Waals surface area contributed by atoms with Crippen molar-refractivity contribution in [1.82, 2.24) is 10.6 Å². The lowest BCUT2D eigenvalue weighted by Crippen LogP contribution is -2.47. The molecule has 8 heteroatoms.